The maximum absolute atomic E-state index is 4.46. The summed E-state index contributed by atoms with van der Waals surface area (Å²) in [6, 6.07) is 8.63. The van der Waals surface area contributed by atoms with E-state index in [9.17, 15) is 0 Å². The van der Waals surface area contributed by atoms with Gasteiger partial charge in [-0.25, -0.2) is 4.98 Å². The molecular weight excluding hydrogens is 280 g/mol. The zero-order chi connectivity index (χ0) is 14.7. The summed E-state index contributed by atoms with van der Waals surface area (Å²) in [5.74, 6) is 0. The summed E-state index contributed by atoms with van der Waals surface area (Å²) >= 11 is 1.76. The first kappa shape index (κ1) is 14.2. The van der Waals surface area contributed by atoms with E-state index >= 15 is 0 Å². The second-order valence-electron chi connectivity index (χ2n) is 5.39. The van der Waals surface area contributed by atoms with E-state index in [2.05, 4.69) is 58.3 Å². The highest BCUT2D eigenvalue weighted by Crippen LogP contribution is 2.33. The molecule has 0 atom stereocenters. The Labute approximate surface area is 130 Å². The Morgan fingerprint density at radius 1 is 1.24 bits per heavy atom. The second-order valence-corrected chi connectivity index (χ2v) is 6.51. The van der Waals surface area contributed by atoms with Crippen molar-refractivity contribution in [3.8, 4) is 0 Å². The molecule has 0 saturated carbocycles. The van der Waals surface area contributed by atoms with Crippen LogP contribution in [0.4, 0.5) is 16.5 Å². The molecule has 1 aliphatic rings. The third-order valence-corrected chi connectivity index (χ3v) is 4.71. The Balaban J connectivity index is 1.73. The van der Waals surface area contributed by atoms with Crippen LogP contribution in [-0.4, -0.2) is 31.7 Å². The van der Waals surface area contributed by atoms with Crippen LogP contribution in [0.1, 0.15) is 18.2 Å². The van der Waals surface area contributed by atoms with E-state index in [1.54, 1.807) is 11.3 Å². The molecule has 0 unspecified atom stereocenters. The number of likely N-dealkylation sites (N-methyl/N-ethyl adjacent to an activating group) is 1. The standard InChI is InChI=1S/C16H22N4S/c1-3-8-17-16-18-11-13(21-16)12-20-10-9-19(2)14-6-4-5-7-15(14)20/h4-7,11H,3,8-10,12H2,1-2H3,(H,17,18). The summed E-state index contributed by atoms with van der Waals surface area (Å²) in [7, 11) is 2.16. The van der Waals surface area contributed by atoms with Crippen LogP contribution in [0.3, 0.4) is 0 Å². The van der Waals surface area contributed by atoms with Gasteiger partial charge in [0, 0.05) is 37.8 Å². The number of fused-ring (bicyclic) bond motifs is 1. The molecule has 3 rings (SSSR count). The molecule has 2 aromatic rings. The van der Waals surface area contributed by atoms with Crippen LogP contribution in [-0.2, 0) is 6.54 Å². The highest BCUT2D eigenvalue weighted by Gasteiger charge is 2.20. The molecule has 1 N–H and O–H groups in total. The number of nitrogens with zero attached hydrogens (tertiary/aromatic N) is 3. The molecule has 1 aromatic heterocycles. The molecule has 1 aromatic carbocycles. The number of thiazole rings is 1. The summed E-state index contributed by atoms with van der Waals surface area (Å²) in [6.45, 7) is 6.23. The number of benzene rings is 1. The Bertz CT molecular complexity index is 595. The largest absolute Gasteiger partial charge is 0.371 e. The Kier molecular flexibility index (Phi) is 4.29. The van der Waals surface area contributed by atoms with Gasteiger partial charge in [-0.05, 0) is 18.6 Å². The van der Waals surface area contributed by atoms with E-state index in [0.717, 1.165) is 37.7 Å². The molecule has 0 saturated heterocycles. The van der Waals surface area contributed by atoms with Gasteiger partial charge in [0.25, 0.3) is 0 Å². The highest BCUT2D eigenvalue weighted by molar-refractivity contribution is 7.15. The van der Waals surface area contributed by atoms with Crippen LogP contribution >= 0.6 is 11.3 Å². The summed E-state index contributed by atoms with van der Waals surface area (Å²) in [4.78, 5) is 10.6. The van der Waals surface area contributed by atoms with Crippen LogP contribution in [0.5, 0.6) is 0 Å². The van der Waals surface area contributed by atoms with Crippen molar-refractivity contribution in [3.05, 3.63) is 35.3 Å². The van der Waals surface area contributed by atoms with E-state index in [0.29, 0.717) is 0 Å². The smallest absolute Gasteiger partial charge is 0.182 e. The lowest BCUT2D eigenvalue weighted by atomic mass is 10.1. The van der Waals surface area contributed by atoms with Gasteiger partial charge in [0.15, 0.2) is 5.13 Å². The average Bonchev–Trinajstić information content (AvgIpc) is 2.96. The SMILES string of the molecule is CCCNc1ncc(CN2CCN(C)c3ccccc32)s1. The van der Waals surface area contributed by atoms with Gasteiger partial charge in [-0.3, -0.25) is 0 Å². The first-order chi connectivity index (χ1) is 10.3. The molecule has 0 bridgehead atoms. The lowest BCUT2D eigenvalue weighted by Gasteiger charge is -2.36. The predicted octanol–water partition coefficient (Wildman–Crippen LogP) is 3.42. The number of hydrogen-bond acceptors (Lipinski definition) is 5. The number of aromatic nitrogens is 1. The Morgan fingerprint density at radius 2 is 2.05 bits per heavy atom. The maximum Gasteiger partial charge on any atom is 0.182 e. The van der Waals surface area contributed by atoms with E-state index < -0.39 is 0 Å². The van der Waals surface area contributed by atoms with Crippen LogP contribution < -0.4 is 15.1 Å². The average molecular weight is 302 g/mol. The molecule has 112 valence electrons. The molecular formula is C16H22N4S. The summed E-state index contributed by atoms with van der Waals surface area (Å²) in [5, 5.41) is 4.40. The van der Waals surface area contributed by atoms with Crippen LogP contribution in [0, 0.1) is 0 Å². The summed E-state index contributed by atoms with van der Waals surface area (Å²) < 4.78 is 0. The van der Waals surface area contributed by atoms with Gasteiger partial charge in [0.2, 0.25) is 0 Å². The molecule has 5 heteroatoms. The van der Waals surface area contributed by atoms with E-state index in [4.69, 9.17) is 0 Å². The van der Waals surface area contributed by atoms with Gasteiger partial charge in [-0.15, -0.1) is 11.3 Å². The van der Waals surface area contributed by atoms with Crippen molar-refractivity contribution in [1.82, 2.24) is 4.98 Å². The molecule has 0 radical (unpaired) electrons. The minimum atomic E-state index is 0.941. The maximum atomic E-state index is 4.46. The van der Waals surface area contributed by atoms with E-state index in [1.807, 2.05) is 6.20 Å². The lowest BCUT2D eigenvalue weighted by Crippen LogP contribution is -2.38. The number of anilines is 3. The third-order valence-electron chi connectivity index (χ3n) is 3.77. The third kappa shape index (κ3) is 3.13. The van der Waals surface area contributed by atoms with Crippen molar-refractivity contribution in [1.29, 1.82) is 0 Å². The minimum absolute atomic E-state index is 0.941. The molecule has 0 aliphatic carbocycles. The normalized spacial score (nSPS) is 14.2. The number of nitrogens with one attached hydrogen (secondary N) is 1. The molecule has 0 amide bonds. The monoisotopic (exact) mass is 302 g/mol. The van der Waals surface area contributed by atoms with Crippen molar-refractivity contribution >= 4 is 27.8 Å². The van der Waals surface area contributed by atoms with Gasteiger partial charge < -0.3 is 15.1 Å². The van der Waals surface area contributed by atoms with E-state index in [-0.39, 0.29) is 0 Å². The molecule has 0 fully saturated rings. The van der Waals surface area contributed by atoms with Crippen molar-refractivity contribution in [2.45, 2.75) is 19.9 Å². The summed E-state index contributed by atoms with van der Waals surface area (Å²) in [6.07, 6.45) is 3.13. The molecule has 0 spiro atoms. The van der Waals surface area contributed by atoms with Crippen LogP contribution in [0.15, 0.2) is 30.5 Å². The minimum Gasteiger partial charge on any atom is -0.371 e. The molecule has 21 heavy (non-hydrogen) atoms. The molecule has 2 heterocycles. The fourth-order valence-corrected chi connectivity index (χ4v) is 3.47. The van der Waals surface area contributed by atoms with Gasteiger partial charge in [0.05, 0.1) is 17.9 Å². The van der Waals surface area contributed by atoms with E-state index in [1.165, 1.54) is 16.3 Å². The topological polar surface area (TPSA) is 31.4 Å². The first-order valence-electron chi connectivity index (χ1n) is 7.51. The quantitative estimate of drug-likeness (QED) is 0.917. The zero-order valence-electron chi connectivity index (χ0n) is 12.7. The van der Waals surface area contributed by atoms with Crippen LogP contribution in [0.25, 0.3) is 0 Å². The predicted molar refractivity (Wildman–Crippen MR) is 91.7 cm³/mol. The van der Waals surface area contributed by atoms with Crippen molar-refractivity contribution < 1.29 is 0 Å². The molecule has 4 nitrogen and oxygen atoms in total. The first-order valence-corrected chi connectivity index (χ1v) is 8.33. The Morgan fingerprint density at radius 3 is 2.86 bits per heavy atom. The number of hydrogen-bond donors (Lipinski definition) is 1. The fourth-order valence-electron chi connectivity index (χ4n) is 2.61. The fraction of sp³-hybridized carbons (Fsp3) is 0.438. The van der Waals surface area contributed by atoms with Crippen molar-refractivity contribution in [2.24, 2.45) is 0 Å². The summed E-state index contributed by atoms with van der Waals surface area (Å²) in [5.41, 5.74) is 2.64. The number of rotatable bonds is 5. The Hall–Kier alpha value is -1.75. The van der Waals surface area contributed by atoms with Gasteiger partial charge in [0.1, 0.15) is 0 Å². The van der Waals surface area contributed by atoms with Gasteiger partial charge >= 0.3 is 0 Å². The van der Waals surface area contributed by atoms with Crippen LogP contribution in [0.2, 0.25) is 0 Å². The second kappa shape index (κ2) is 6.35. The van der Waals surface area contributed by atoms with Crippen molar-refractivity contribution in [2.75, 3.05) is 41.8 Å². The lowest BCUT2D eigenvalue weighted by molar-refractivity contribution is 0.739. The molecule has 1 aliphatic heterocycles. The van der Waals surface area contributed by atoms with Gasteiger partial charge in [-0.1, -0.05) is 19.1 Å². The van der Waals surface area contributed by atoms with Crippen molar-refractivity contribution in [3.63, 3.8) is 0 Å². The highest BCUT2D eigenvalue weighted by atomic mass is 32.1. The zero-order valence-corrected chi connectivity index (χ0v) is 13.5. The van der Waals surface area contributed by atoms with Gasteiger partial charge in [-0.2, -0.15) is 0 Å². The number of para-hydroxylation sites is 2.